The molecule has 182 valence electrons. The molecule has 6 rings (SSSR count). The molecule has 3 aromatic heterocycles. The maximum absolute atomic E-state index is 13.3. The fraction of sp³-hybridized carbons (Fsp3) is 0.250. The molecule has 0 atom stereocenters. The third-order valence-corrected chi connectivity index (χ3v) is 7.03. The molecule has 1 aliphatic rings. The number of nitrogens with one attached hydrogen (secondary N) is 2. The van der Waals surface area contributed by atoms with Gasteiger partial charge in [0.2, 0.25) is 5.91 Å². The molecule has 2 N–H and O–H groups in total. The van der Waals surface area contributed by atoms with Crippen LogP contribution >= 0.6 is 0 Å². The Bertz CT molecular complexity index is 1630. The van der Waals surface area contributed by atoms with Gasteiger partial charge in [-0.3, -0.25) is 14.7 Å². The summed E-state index contributed by atoms with van der Waals surface area (Å²) in [5.74, 6) is 0.849. The molecule has 0 fully saturated rings. The van der Waals surface area contributed by atoms with Gasteiger partial charge in [0, 0.05) is 42.6 Å². The van der Waals surface area contributed by atoms with E-state index in [0.29, 0.717) is 37.1 Å². The van der Waals surface area contributed by atoms with Gasteiger partial charge in [0.15, 0.2) is 5.65 Å². The fourth-order valence-electron chi connectivity index (χ4n) is 5.04. The van der Waals surface area contributed by atoms with E-state index in [1.54, 1.807) is 12.0 Å². The summed E-state index contributed by atoms with van der Waals surface area (Å²) in [5.41, 5.74) is 5.89. The molecule has 8 nitrogen and oxygen atoms in total. The molecular formula is C28H27N5O3. The lowest BCUT2D eigenvalue weighted by atomic mass is 10.0. The molecule has 0 unspecified atom stereocenters. The number of carbonyl (C=O) groups is 1. The van der Waals surface area contributed by atoms with Crippen LogP contribution in [0.4, 0.5) is 0 Å². The molecule has 4 heterocycles. The van der Waals surface area contributed by atoms with Crippen LogP contribution in [0.2, 0.25) is 0 Å². The summed E-state index contributed by atoms with van der Waals surface area (Å²) in [4.78, 5) is 36.1. The zero-order valence-corrected chi connectivity index (χ0v) is 20.1. The minimum absolute atomic E-state index is 0.0791. The van der Waals surface area contributed by atoms with Crippen LogP contribution < -0.4 is 10.3 Å². The molecule has 2 aromatic carbocycles. The van der Waals surface area contributed by atoms with Crippen molar-refractivity contribution >= 4 is 22.5 Å². The lowest BCUT2D eigenvalue weighted by Crippen LogP contribution is -2.40. The lowest BCUT2D eigenvalue weighted by Gasteiger charge is -2.27. The second-order valence-electron chi connectivity index (χ2n) is 9.21. The maximum Gasteiger partial charge on any atom is 0.277 e. The third-order valence-electron chi connectivity index (χ3n) is 7.03. The molecule has 5 aromatic rings. The van der Waals surface area contributed by atoms with Gasteiger partial charge in [-0.25, -0.2) is 9.50 Å². The first-order valence-corrected chi connectivity index (χ1v) is 12.2. The molecule has 0 spiro atoms. The van der Waals surface area contributed by atoms with Crippen molar-refractivity contribution in [2.75, 3.05) is 13.7 Å². The highest BCUT2D eigenvalue weighted by Crippen LogP contribution is 2.24. The highest BCUT2D eigenvalue weighted by Gasteiger charge is 2.25. The number of H-pyrrole nitrogens is 2. The second-order valence-corrected chi connectivity index (χ2v) is 9.21. The van der Waals surface area contributed by atoms with Gasteiger partial charge < -0.3 is 14.6 Å². The second kappa shape index (κ2) is 9.03. The van der Waals surface area contributed by atoms with Crippen LogP contribution in [0.3, 0.4) is 0 Å². The van der Waals surface area contributed by atoms with Gasteiger partial charge >= 0.3 is 0 Å². The first-order valence-electron chi connectivity index (χ1n) is 12.2. The van der Waals surface area contributed by atoms with E-state index in [9.17, 15) is 9.59 Å². The standard InChI is InChI=1S/C28H27N5O3/c1-36-20-11-9-18(10-12-20)25-15-26-30-24-13-14-32(17-22(24)28(35)33(26)31-25)27(34)8-4-5-19-16-29-23-7-3-2-6-21(19)23/h2-3,6-7,9-12,15-16,29,31H,4-5,8,13-14,17H2,1H3. The molecule has 0 saturated heterocycles. The summed E-state index contributed by atoms with van der Waals surface area (Å²) >= 11 is 0. The molecule has 1 amide bonds. The molecule has 0 aliphatic carbocycles. The molecule has 0 saturated carbocycles. The van der Waals surface area contributed by atoms with Crippen molar-refractivity contribution in [2.45, 2.75) is 32.2 Å². The normalized spacial score (nSPS) is 13.3. The average Bonchev–Trinajstić information content (AvgIpc) is 3.53. The molecule has 1 aliphatic heterocycles. The van der Waals surface area contributed by atoms with E-state index >= 15 is 0 Å². The van der Waals surface area contributed by atoms with E-state index in [4.69, 9.17) is 9.72 Å². The Morgan fingerprint density at radius 3 is 2.81 bits per heavy atom. The van der Waals surface area contributed by atoms with Gasteiger partial charge in [0.25, 0.3) is 5.56 Å². The number of aromatic nitrogens is 4. The van der Waals surface area contributed by atoms with E-state index in [-0.39, 0.29) is 11.5 Å². The highest BCUT2D eigenvalue weighted by atomic mass is 16.5. The van der Waals surface area contributed by atoms with E-state index in [0.717, 1.165) is 41.1 Å². The molecular weight excluding hydrogens is 454 g/mol. The Kier molecular flexibility index (Phi) is 5.56. The van der Waals surface area contributed by atoms with E-state index in [1.165, 1.54) is 15.5 Å². The van der Waals surface area contributed by atoms with Gasteiger partial charge in [-0.1, -0.05) is 18.2 Å². The van der Waals surface area contributed by atoms with Crippen LogP contribution in [-0.2, 0) is 24.2 Å². The van der Waals surface area contributed by atoms with Crippen molar-refractivity contribution in [3.8, 4) is 17.0 Å². The van der Waals surface area contributed by atoms with Crippen LogP contribution in [0.1, 0.15) is 29.7 Å². The average molecular weight is 482 g/mol. The Hall–Kier alpha value is -4.33. The summed E-state index contributed by atoms with van der Waals surface area (Å²) in [5, 5.41) is 4.38. The van der Waals surface area contributed by atoms with Crippen molar-refractivity contribution in [1.29, 1.82) is 0 Å². The Morgan fingerprint density at radius 1 is 1.14 bits per heavy atom. The number of carbonyl (C=O) groups excluding carboxylic acids is 1. The van der Waals surface area contributed by atoms with Crippen molar-refractivity contribution in [3.05, 3.63) is 88.0 Å². The van der Waals surface area contributed by atoms with Crippen LogP contribution in [0, 0.1) is 0 Å². The van der Waals surface area contributed by atoms with Crippen LogP contribution in [0.5, 0.6) is 5.75 Å². The number of aromatic amines is 2. The van der Waals surface area contributed by atoms with Crippen LogP contribution in [0.15, 0.2) is 65.6 Å². The summed E-state index contributed by atoms with van der Waals surface area (Å²) in [7, 11) is 1.63. The van der Waals surface area contributed by atoms with Crippen molar-refractivity contribution in [2.24, 2.45) is 0 Å². The number of hydrogen-bond acceptors (Lipinski definition) is 4. The largest absolute Gasteiger partial charge is 0.497 e. The quantitative estimate of drug-likeness (QED) is 0.382. The number of fused-ring (bicyclic) bond motifs is 3. The zero-order chi connectivity index (χ0) is 24.6. The van der Waals surface area contributed by atoms with E-state index in [1.807, 2.05) is 48.7 Å². The van der Waals surface area contributed by atoms with Crippen LogP contribution in [0.25, 0.3) is 27.8 Å². The maximum atomic E-state index is 13.3. The van der Waals surface area contributed by atoms with Crippen LogP contribution in [-0.4, -0.2) is 44.0 Å². The highest BCUT2D eigenvalue weighted by molar-refractivity contribution is 5.83. The molecule has 0 bridgehead atoms. The van der Waals surface area contributed by atoms with Gasteiger partial charge in [0.05, 0.1) is 30.6 Å². The Balaban J connectivity index is 1.17. The lowest BCUT2D eigenvalue weighted by molar-refractivity contribution is -0.132. The number of nitrogens with zero attached hydrogens (tertiary/aromatic N) is 3. The summed E-state index contributed by atoms with van der Waals surface area (Å²) in [6.07, 6.45) is 4.67. The summed E-state index contributed by atoms with van der Waals surface area (Å²) < 4.78 is 6.70. The number of hydrogen-bond donors (Lipinski definition) is 2. The number of ether oxygens (including phenoxy) is 1. The van der Waals surface area contributed by atoms with Gasteiger partial charge in [-0.15, -0.1) is 0 Å². The smallest absolute Gasteiger partial charge is 0.277 e. The van der Waals surface area contributed by atoms with Crippen molar-refractivity contribution in [1.82, 2.24) is 24.5 Å². The van der Waals surface area contributed by atoms with Crippen molar-refractivity contribution in [3.63, 3.8) is 0 Å². The predicted octanol–water partition coefficient (Wildman–Crippen LogP) is 4.09. The summed E-state index contributed by atoms with van der Waals surface area (Å²) in [6.45, 7) is 0.879. The molecule has 8 heteroatoms. The molecule has 36 heavy (non-hydrogen) atoms. The van der Waals surface area contributed by atoms with Crippen molar-refractivity contribution < 1.29 is 9.53 Å². The first-order chi connectivity index (χ1) is 17.6. The van der Waals surface area contributed by atoms with Gasteiger partial charge in [-0.2, -0.15) is 0 Å². The van der Waals surface area contributed by atoms with Gasteiger partial charge in [-0.05, 0) is 54.3 Å². The van der Waals surface area contributed by atoms with E-state index < -0.39 is 0 Å². The summed E-state index contributed by atoms with van der Waals surface area (Å²) in [6, 6.07) is 17.7. The fourth-order valence-corrected chi connectivity index (χ4v) is 5.04. The SMILES string of the molecule is COc1ccc(-c2cc3nc4c(c(=O)n3[nH]2)CN(C(=O)CCCc2c[nH]c3ccccc23)CC4)cc1. The zero-order valence-electron chi connectivity index (χ0n) is 20.1. The Morgan fingerprint density at radius 2 is 1.97 bits per heavy atom. The minimum atomic E-state index is -0.147. The number of amides is 1. The van der Waals surface area contributed by atoms with E-state index in [2.05, 4.69) is 22.2 Å². The topological polar surface area (TPSA) is 95.5 Å². The minimum Gasteiger partial charge on any atom is -0.497 e. The predicted molar refractivity (Wildman–Crippen MR) is 138 cm³/mol. The Labute approximate surface area is 207 Å². The first kappa shape index (κ1) is 22.2. The third kappa shape index (κ3) is 3.94. The number of benzene rings is 2. The number of rotatable bonds is 6. The molecule has 0 radical (unpaired) electrons. The number of methoxy groups -OCH3 is 1. The van der Waals surface area contributed by atoms with Gasteiger partial charge in [0.1, 0.15) is 5.75 Å². The monoisotopic (exact) mass is 481 g/mol. The number of aryl methyl sites for hydroxylation is 1. The number of para-hydroxylation sites is 1.